The fourth-order valence-electron chi connectivity index (χ4n) is 1.98. The van der Waals surface area contributed by atoms with Gasteiger partial charge >= 0.3 is 0 Å². The SMILES string of the molecule is COCCC(=O)Nc1ccc2c(c1)CNCC2.Cl. The van der Waals surface area contributed by atoms with Crippen molar-refractivity contribution in [1.82, 2.24) is 5.32 Å². The summed E-state index contributed by atoms with van der Waals surface area (Å²) in [5.41, 5.74) is 3.52. The Bertz CT molecular complexity index is 410. The molecule has 100 valence electrons. The summed E-state index contributed by atoms with van der Waals surface area (Å²) >= 11 is 0. The molecular formula is C13H19ClN2O2. The molecule has 1 amide bonds. The summed E-state index contributed by atoms with van der Waals surface area (Å²) in [6.45, 7) is 2.38. The third-order valence-corrected chi connectivity index (χ3v) is 2.91. The second kappa shape index (κ2) is 7.36. The van der Waals surface area contributed by atoms with Gasteiger partial charge < -0.3 is 15.4 Å². The Kier molecular flexibility index (Phi) is 6.12. The number of hydrogen-bond donors (Lipinski definition) is 2. The van der Waals surface area contributed by atoms with Gasteiger partial charge in [-0.2, -0.15) is 0 Å². The number of carbonyl (C=O) groups is 1. The molecule has 0 atom stereocenters. The van der Waals surface area contributed by atoms with Crippen molar-refractivity contribution in [2.24, 2.45) is 0 Å². The topological polar surface area (TPSA) is 50.4 Å². The summed E-state index contributed by atoms with van der Waals surface area (Å²) in [7, 11) is 1.60. The summed E-state index contributed by atoms with van der Waals surface area (Å²) < 4.78 is 4.87. The zero-order chi connectivity index (χ0) is 12.1. The zero-order valence-corrected chi connectivity index (χ0v) is 11.3. The highest BCUT2D eigenvalue weighted by atomic mass is 35.5. The number of anilines is 1. The Labute approximate surface area is 114 Å². The predicted octanol–water partition coefficient (Wildman–Crippen LogP) is 1.73. The zero-order valence-electron chi connectivity index (χ0n) is 10.5. The van der Waals surface area contributed by atoms with Crippen molar-refractivity contribution in [2.45, 2.75) is 19.4 Å². The van der Waals surface area contributed by atoms with E-state index in [2.05, 4.69) is 16.7 Å². The third-order valence-electron chi connectivity index (χ3n) is 2.91. The van der Waals surface area contributed by atoms with Crippen LogP contribution in [0.25, 0.3) is 0 Å². The minimum absolute atomic E-state index is 0. The maximum absolute atomic E-state index is 11.5. The molecule has 1 aromatic rings. The van der Waals surface area contributed by atoms with Crippen LogP contribution in [0.1, 0.15) is 17.5 Å². The van der Waals surface area contributed by atoms with Crippen molar-refractivity contribution in [3.05, 3.63) is 29.3 Å². The molecule has 0 radical (unpaired) electrons. The van der Waals surface area contributed by atoms with Gasteiger partial charge in [-0.15, -0.1) is 12.4 Å². The maximum Gasteiger partial charge on any atom is 0.226 e. The highest BCUT2D eigenvalue weighted by molar-refractivity contribution is 5.90. The minimum atomic E-state index is -0.00410. The molecule has 0 bridgehead atoms. The number of fused-ring (bicyclic) bond motifs is 1. The van der Waals surface area contributed by atoms with Gasteiger partial charge in [0, 0.05) is 19.3 Å². The number of halogens is 1. The van der Waals surface area contributed by atoms with E-state index in [-0.39, 0.29) is 18.3 Å². The van der Waals surface area contributed by atoms with E-state index in [1.807, 2.05) is 12.1 Å². The molecule has 0 saturated heterocycles. The van der Waals surface area contributed by atoms with E-state index >= 15 is 0 Å². The Morgan fingerprint density at radius 3 is 3.06 bits per heavy atom. The fraction of sp³-hybridized carbons (Fsp3) is 0.462. The van der Waals surface area contributed by atoms with Crippen LogP contribution in [0.2, 0.25) is 0 Å². The molecule has 4 nitrogen and oxygen atoms in total. The molecule has 5 heteroatoms. The number of benzene rings is 1. The lowest BCUT2D eigenvalue weighted by molar-refractivity contribution is -0.117. The normalized spacial score (nSPS) is 13.4. The van der Waals surface area contributed by atoms with Crippen LogP contribution in [0, 0.1) is 0 Å². The Morgan fingerprint density at radius 2 is 2.28 bits per heavy atom. The lowest BCUT2D eigenvalue weighted by Crippen LogP contribution is -2.23. The van der Waals surface area contributed by atoms with Crippen molar-refractivity contribution in [3.8, 4) is 0 Å². The van der Waals surface area contributed by atoms with Crippen molar-refractivity contribution in [2.75, 3.05) is 25.6 Å². The van der Waals surface area contributed by atoms with Gasteiger partial charge in [0.05, 0.1) is 13.0 Å². The Hall–Kier alpha value is -1.10. The average molecular weight is 271 g/mol. The maximum atomic E-state index is 11.5. The molecule has 1 aliphatic rings. The van der Waals surface area contributed by atoms with Crippen LogP contribution in [0.4, 0.5) is 5.69 Å². The lowest BCUT2D eigenvalue weighted by atomic mass is 10.0. The largest absolute Gasteiger partial charge is 0.384 e. The standard InChI is InChI=1S/C13H18N2O2.ClH/c1-17-7-5-13(16)15-12-3-2-10-4-6-14-9-11(10)8-12;/h2-3,8,14H,4-7,9H2,1H3,(H,15,16);1H. The Balaban J connectivity index is 0.00000162. The molecule has 0 unspecified atom stereocenters. The van der Waals surface area contributed by atoms with E-state index in [1.54, 1.807) is 7.11 Å². The third kappa shape index (κ3) is 3.98. The number of methoxy groups -OCH3 is 1. The van der Waals surface area contributed by atoms with E-state index in [0.29, 0.717) is 13.0 Å². The molecule has 1 heterocycles. The summed E-state index contributed by atoms with van der Waals surface area (Å²) in [5.74, 6) is -0.00410. The molecule has 2 rings (SSSR count). The van der Waals surface area contributed by atoms with Crippen molar-refractivity contribution in [3.63, 3.8) is 0 Å². The molecule has 0 fully saturated rings. The molecule has 0 aromatic heterocycles. The van der Waals surface area contributed by atoms with Gasteiger partial charge in [-0.1, -0.05) is 6.07 Å². The second-order valence-corrected chi connectivity index (χ2v) is 4.20. The minimum Gasteiger partial charge on any atom is -0.384 e. The van der Waals surface area contributed by atoms with Gasteiger partial charge in [0.25, 0.3) is 0 Å². The van der Waals surface area contributed by atoms with Crippen LogP contribution in [0.5, 0.6) is 0 Å². The molecule has 0 saturated carbocycles. The highest BCUT2D eigenvalue weighted by Crippen LogP contribution is 2.19. The van der Waals surface area contributed by atoms with E-state index in [0.717, 1.165) is 25.2 Å². The van der Waals surface area contributed by atoms with Crippen molar-refractivity contribution < 1.29 is 9.53 Å². The molecule has 1 aromatic carbocycles. The average Bonchev–Trinajstić information content (AvgIpc) is 2.36. The Morgan fingerprint density at radius 1 is 1.44 bits per heavy atom. The fourth-order valence-corrected chi connectivity index (χ4v) is 1.98. The lowest BCUT2D eigenvalue weighted by Gasteiger charge is -2.18. The van der Waals surface area contributed by atoms with Gasteiger partial charge in [-0.05, 0) is 36.2 Å². The van der Waals surface area contributed by atoms with Crippen LogP contribution in [0.3, 0.4) is 0 Å². The van der Waals surface area contributed by atoms with Gasteiger partial charge in [0.1, 0.15) is 0 Å². The molecule has 18 heavy (non-hydrogen) atoms. The van der Waals surface area contributed by atoms with Gasteiger partial charge in [0.15, 0.2) is 0 Å². The number of hydrogen-bond acceptors (Lipinski definition) is 3. The first kappa shape index (κ1) is 15.0. The monoisotopic (exact) mass is 270 g/mol. The second-order valence-electron chi connectivity index (χ2n) is 4.20. The molecule has 0 spiro atoms. The van der Waals surface area contributed by atoms with Crippen molar-refractivity contribution >= 4 is 24.0 Å². The predicted molar refractivity (Wildman–Crippen MR) is 74.2 cm³/mol. The van der Waals surface area contributed by atoms with Gasteiger partial charge in [-0.25, -0.2) is 0 Å². The van der Waals surface area contributed by atoms with Crippen LogP contribution in [0.15, 0.2) is 18.2 Å². The van der Waals surface area contributed by atoms with Crippen LogP contribution >= 0.6 is 12.4 Å². The summed E-state index contributed by atoms with van der Waals surface area (Å²) in [5, 5.41) is 6.20. The smallest absolute Gasteiger partial charge is 0.226 e. The molecule has 2 N–H and O–H groups in total. The quantitative estimate of drug-likeness (QED) is 0.876. The van der Waals surface area contributed by atoms with E-state index < -0.39 is 0 Å². The van der Waals surface area contributed by atoms with Gasteiger partial charge in [-0.3, -0.25) is 4.79 Å². The number of nitrogens with one attached hydrogen (secondary N) is 2. The number of amides is 1. The first-order chi connectivity index (χ1) is 8.29. The summed E-state index contributed by atoms with van der Waals surface area (Å²) in [6, 6.07) is 6.11. The first-order valence-electron chi connectivity index (χ1n) is 5.91. The van der Waals surface area contributed by atoms with Gasteiger partial charge in [0.2, 0.25) is 5.91 Å². The number of rotatable bonds is 4. The molecule has 0 aliphatic carbocycles. The first-order valence-corrected chi connectivity index (χ1v) is 5.91. The number of ether oxygens (including phenoxy) is 1. The van der Waals surface area contributed by atoms with Crippen LogP contribution < -0.4 is 10.6 Å². The highest BCUT2D eigenvalue weighted by Gasteiger charge is 2.09. The summed E-state index contributed by atoms with van der Waals surface area (Å²) in [4.78, 5) is 11.5. The van der Waals surface area contributed by atoms with Crippen LogP contribution in [-0.4, -0.2) is 26.2 Å². The number of carbonyl (C=O) groups excluding carboxylic acids is 1. The van der Waals surface area contributed by atoms with E-state index in [4.69, 9.17) is 4.74 Å². The van der Waals surface area contributed by atoms with E-state index in [1.165, 1.54) is 11.1 Å². The van der Waals surface area contributed by atoms with E-state index in [9.17, 15) is 4.79 Å². The summed E-state index contributed by atoms with van der Waals surface area (Å²) in [6.07, 6.45) is 1.46. The molecule has 1 aliphatic heterocycles. The van der Waals surface area contributed by atoms with Crippen molar-refractivity contribution in [1.29, 1.82) is 0 Å². The molecular weight excluding hydrogens is 252 g/mol. The van der Waals surface area contributed by atoms with Crippen LogP contribution in [-0.2, 0) is 22.5 Å².